The molecule has 0 saturated carbocycles. The van der Waals surface area contributed by atoms with E-state index in [1.165, 1.54) is 17.3 Å². The number of pyridine rings is 1. The number of benzene rings is 2. The molecule has 0 atom stereocenters. The minimum Gasteiger partial charge on any atom is -0.308 e. The SMILES string of the molecule is C/C=C/C(=C(C=N)/C=C\c1c(-c2ccccc2)cc(C)nc1C)c1ccc(C)cc1. The van der Waals surface area contributed by atoms with Gasteiger partial charge in [-0.3, -0.25) is 4.98 Å². The summed E-state index contributed by atoms with van der Waals surface area (Å²) in [4.78, 5) is 4.67. The van der Waals surface area contributed by atoms with Gasteiger partial charge in [0.1, 0.15) is 0 Å². The fraction of sp³-hybridized carbons (Fsp3) is 0.143. The zero-order valence-electron chi connectivity index (χ0n) is 18.1. The highest BCUT2D eigenvalue weighted by Crippen LogP contribution is 2.29. The lowest BCUT2D eigenvalue weighted by Crippen LogP contribution is -1.95. The summed E-state index contributed by atoms with van der Waals surface area (Å²) in [5.74, 6) is 0. The van der Waals surface area contributed by atoms with Gasteiger partial charge in [0.05, 0.1) is 0 Å². The zero-order chi connectivity index (χ0) is 21.5. The Kier molecular flexibility index (Phi) is 6.92. The molecule has 2 nitrogen and oxygen atoms in total. The standard InChI is InChI=1S/C28H28N2/c1-5-9-27(24-14-12-20(2)13-15-24)25(19-29)16-17-26-22(4)30-21(3)18-28(26)23-10-7-6-8-11-23/h5-19,29H,1-4H3/b9-5+,17-16-,27-25+,29-19?. The first-order valence-corrected chi connectivity index (χ1v) is 10.2. The third-order valence-corrected chi connectivity index (χ3v) is 5.05. The molecule has 30 heavy (non-hydrogen) atoms. The molecule has 150 valence electrons. The molecule has 1 N–H and O–H groups in total. The molecule has 0 aliphatic carbocycles. The molecule has 3 aromatic rings. The van der Waals surface area contributed by atoms with E-state index in [-0.39, 0.29) is 0 Å². The van der Waals surface area contributed by atoms with Gasteiger partial charge in [0.2, 0.25) is 0 Å². The van der Waals surface area contributed by atoms with Crippen LogP contribution in [0, 0.1) is 26.2 Å². The van der Waals surface area contributed by atoms with Gasteiger partial charge in [0.25, 0.3) is 0 Å². The minimum atomic E-state index is 0.857. The molecule has 0 unspecified atom stereocenters. The first-order valence-electron chi connectivity index (χ1n) is 10.2. The molecule has 0 bridgehead atoms. The largest absolute Gasteiger partial charge is 0.308 e. The maximum absolute atomic E-state index is 8.05. The zero-order valence-corrected chi connectivity index (χ0v) is 18.1. The van der Waals surface area contributed by atoms with Crippen LogP contribution < -0.4 is 0 Å². The number of hydrogen-bond acceptors (Lipinski definition) is 2. The Labute approximate surface area is 179 Å². The van der Waals surface area contributed by atoms with Gasteiger partial charge >= 0.3 is 0 Å². The van der Waals surface area contributed by atoms with Gasteiger partial charge < -0.3 is 5.41 Å². The van der Waals surface area contributed by atoms with Crippen molar-refractivity contribution in [1.29, 1.82) is 5.41 Å². The van der Waals surface area contributed by atoms with Gasteiger partial charge in [-0.1, -0.05) is 84.5 Å². The highest BCUT2D eigenvalue weighted by Gasteiger charge is 2.09. The second kappa shape index (κ2) is 9.80. The van der Waals surface area contributed by atoms with Gasteiger partial charge in [-0.2, -0.15) is 0 Å². The minimum absolute atomic E-state index is 0.857. The van der Waals surface area contributed by atoms with Crippen LogP contribution in [0.1, 0.15) is 35.0 Å². The lowest BCUT2D eigenvalue weighted by molar-refractivity contribution is 1.12. The van der Waals surface area contributed by atoms with Crippen molar-refractivity contribution in [3.8, 4) is 11.1 Å². The highest BCUT2D eigenvalue weighted by atomic mass is 14.7. The van der Waals surface area contributed by atoms with Gasteiger partial charge in [0.15, 0.2) is 0 Å². The van der Waals surface area contributed by atoms with Crippen molar-refractivity contribution in [2.45, 2.75) is 27.7 Å². The molecule has 1 heterocycles. The van der Waals surface area contributed by atoms with Crippen molar-refractivity contribution in [2.75, 3.05) is 0 Å². The topological polar surface area (TPSA) is 36.7 Å². The molecule has 0 amide bonds. The van der Waals surface area contributed by atoms with Crippen LogP contribution in [-0.4, -0.2) is 11.2 Å². The van der Waals surface area contributed by atoms with E-state index in [0.717, 1.165) is 39.2 Å². The van der Waals surface area contributed by atoms with Crippen LogP contribution >= 0.6 is 0 Å². The van der Waals surface area contributed by atoms with E-state index in [1.54, 1.807) is 0 Å². The van der Waals surface area contributed by atoms with Crippen LogP contribution in [0.2, 0.25) is 0 Å². The van der Waals surface area contributed by atoms with Gasteiger partial charge in [-0.15, -0.1) is 0 Å². The Hall–Kier alpha value is -3.52. The molecule has 2 heteroatoms. The lowest BCUT2D eigenvalue weighted by Gasteiger charge is -2.12. The summed E-state index contributed by atoms with van der Waals surface area (Å²) in [6, 6.07) is 20.9. The Morgan fingerprint density at radius 3 is 2.23 bits per heavy atom. The van der Waals surface area contributed by atoms with Crippen molar-refractivity contribution in [3.63, 3.8) is 0 Å². The first-order chi connectivity index (χ1) is 14.5. The summed E-state index contributed by atoms with van der Waals surface area (Å²) in [5.41, 5.74) is 9.59. The van der Waals surface area contributed by atoms with Crippen LogP contribution in [0.25, 0.3) is 22.8 Å². The van der Waals surface area contributed by atoms with Crippen molar-refractivity contribution >= 4 is 17.9 Å². The van der Waals surface area contributed by atoms with Crippen LogP contribution in [0.3, 0.4) is 0 Å². The van der Waals surface area contributed by atoms with E-state index >= 15 is 0 Å². The Balaban J connectivity index is 2.14. The first kappa shape index (κ1) is 21.2. The van der Waals surface area contributed by atoms with Gasteiger partial charge in [-0.05, 0) is 61.6 Å². The van der Waals surface area contributed by atoms with Crippen molar-refractivity contribution in [3.05, 3.63) is 113 Å². The number of nitrogens with one attached hydrogen (secondary N) is 1. The van der Waals surface area contributed by atoms with Crippen molar-refractivity contribution in [2.24, 2.45) is 0 Å². The van der Waals surface area contributed by atoms with Crippen molar-refractivity contribution < 1.29 is 0 Å². The van der Waals surface area contributed by atoms with Gasteiger partial charge in [0, 0.05) is 23.2 Å². The predicted octanol–water partition coefficient (Wildman–Crippen LogP) is 7.37. The second-order valence-corrected chi connectivity index (χ2v) is 7.39. The average molecular weight is 393 g/mol. The molecule has 0 radical (unpaired) electrons. The fourth-order valence-electron chi connectivity index (χ4n) is 3.55. The third kappa shape index (κ3) is 4.90. The van der Waals surface area contributed by atoms with Crippen molar-refractivity contribution in [1.82, 2.24) is 4.98 Å². The monoisotopic (exact) mass is 392 g/mol. The van der Waals surface area contributed by atoms with Crippen LogP contribution in [0.15, 0.2) is 84.5 Å². The molecule has 0 aliphatic rings. The molecular formula is C28H28N2. The number of nitrogens with zero attached hydrogens (tertiary/aromatic N) is 1. The van der Waals surface area contributed by atoms with Crippen LogP contribution in [-0.2, 0) is 0 Å². The number of aromatic nitrogens is 1. The highest BCUT2D eigenvalue weighted by molar-refractivity contribution is 5.97. The predicted molar refractivity (Wildman–Crippen MR) is 130 cm³/mol. The molecule has 0 aliphatic heterocycles. The number of hydrogen-bond donors (Lipinski definition) is 1. The van der Waals surface area contributed by atoms with E-state index in [0.29, 0.717) is 0 Å². The van der Waals surface area contributed by atoms with Crippen LogP contribution in [0.4, 0.5) is 0 Å². The summed E-state index contributed by atoms with van der Waals surface area (Å²) in [7, 11) is 0. The van der Waals surface area contributed by atoms with Gasteiger partial charge in [-0.25, -0.2) is 0 Å². The maximum atomic E-state index is 8.05. The summed E-state index contributed by atoms with van der Waals surface area (Å²) >= 11 is 0. The molecule has 2 aromatic carbocycles. The summed E-state index contributed by atoms with van der Waals surface area (Å²) < 4.78 is 0. The normalized spacial score (nSPS) is 12.4. The smallest absolute Gasteiger partial charge is 0.0454 e. The summed E-state index contributed by atoms with van der Waals surface area (Å²) in [6.07, 6.45) is 9.61. The number of rotatable bonds is 6. The average Bonchev–Trinajstić information content (AvgIpc) is 2.75. The second-order valence-electron chi connectivity index (χ2n) is 7.39. The third-order valence-electron chi connectivity index (χ3n) is 5.05. The van der Waals surface area contributed by atoms with E-state index in [4.69, 9.17) is 5.41 Å². The van der Waals surface area contributed by atoms with E-state index < -0.39 is 0 Å². The summed E-state index contributed by atoms with van der Waals surface area (Å²) in [5, 5.41) is 8.05. The van der Waals surface area contributed by atoms with Crippen LogP contribution in [0.5, 0.6) is 0 Å². The van der Waals surface area contributed by atoms with E-state index in [2.05, 4.69) is 78.7 Å². The molecule has 0 spiro atoms. The lowest BCUT2D eigenvalue weighted by atomic mass is 9.95. The van der Waals surface area contributed by atoms with E-state index in [1.807, 2.05) is 39.0 Å². The Morgan fingerprint density at radius 1 is 0.900 bits per heavy atom. The quantitative estimate of drug-likeness (QED) is 0.345. The molecule has 1 aromatic heterocycles. The molecule has 0 saturated heterocycles. The summed E-state index contributed by atoms with van der Waals surface area (Å²) in [6.45, 7) is 8.15. The maximum Gasteiger partial charge on any atom is 0.0454 e. The Bertz CT molecular complexity index is 1120. The fourth-order valence-corrected chi connectivity index (χ4v) is 3.55. The molecule has 3 rings (SSSR count). The molecule has 0 fully saturated rings. The number of allylic oxidation sites excluding steroid dienone is 5. The molecular weight excluding hydrogens is 364 g/mol. The Morgan fingerprint density at radius 2 is 1.60 bits per heavy atom. The van der Waals surface area contributed by atoms with E-state index in [9.17, 15) is 0 Å². The number of aryl methyl sites for hydroxylation is 3.